The summed E-state index contributed by atoms with van der Waals surface area (Å²) in [5.74, 6) is 1.80. The van der Waals surface area contributed by atoms with Gasteiger partial charge in [0.1, 0.15) is 17.9 Å². The number of rotatable bonds is 5. The third kappa shape index (κ3) is 3.95. The van der Waals surface area contributed by atoms with E-state index in [4.69, 9.17) is 14.8 Å². The van der Waals surface area contributed by atoms with Crippen LogP contribution in [0.25, 0.3) is 0 Å². The Labute approximate surface area is 196 Å². The van der Waals surface area contributed by atoms with Crippen molar-refractivity contribution in [3.05, 3.63) is 53.7 Å². The Morgan fingerprint density at radius 1 is 1.03 bits per heavy atom. The molecule has 3 aliphatic rings. The summed E-state index contributed by atoms with van der Waals surface area (Å²) in [5.41, 5.74) is 0.977. The molecule has 0 spiro atoms. The summed E-state index contributed by atoms with van der Waals surface area (Å²) >= 11 is 0. The first-order valence-corrected chi connectivity index (χ1v) is 11.9. The molecule has 4 atom stereocenters. The lowest BCUT2D eigenvalue weighted by atomic mass is 9.92. The maximum absolute atomic E-state index is 13.6. The fraction of sp³-hybridized carbons (Fsp3) is 0.500. The zero-order chi connectivity index (χ0) is 23.2. The largest absolute Gasteiger partial charge is 0.482 e. The van der Waals surface area contributed by atoms with Crippen molar-refractivity contribution in [2.45, 2.75) is 51.3 Å². The number of fused-ring (bicyclic) bond motifs is 3. The number of hydrogen-bond donors (Lipinski definition) is 1. The molecule has 0 radical (unpaired) electrons. The van der Waals surface area contributed by atoms with Crippen LogP contribution < -0.4 is 15.0 Å². The summed E-state index contributed by atoms with van der Waals surface area (Å²) in [5, 5.41) is 8.32. The van der Waals surface area contributed by atoms with Gasteiger partial charge in [0.15, 0.2) is 23.6 Å². The second-order valence-electron chi connectivity index (χ2n) is 9.53. The first-order chi connectivity index (χ1) is 16.5. The number of ether oxygens (including phenoxy) is 1. The standard InChI is InChI=1S/C24H27F2N7O/c1-14-9-21(28-13-27-14)32-11-15-4-5-16(12-32)22(15)29-24-30-23-20(3-2-8-33(23)31-24)34-17-6-7-18(25)19(26)10-17/h6-7,9-10,13,15-16,20,22H,2-5,8,11-12H2,1H3,(H,29,31)/t15-,16+,20-,22?/m1/s1. The highest BCUT2D eigenvalue weighted by Crippen LogP contribution is 2.40. The van der Waals surface area contributed by atoms with Crippen molar-refractivity contribution in [3.63, 3.8) is 0 Å². The second kappa shape index (κ2) is 8.48. The van der Waals surface area contributed by atoms with Crippen LogP contribution in [0.5, 0.6) is 5.75 Å². The van der Waals surface area contributed by atoms with Crippen LogP contribution in [-0.2, 0) is 6.54 Å². The smallest absolute Gasteiger partial charge is 0.242 e. The molecule has 1 aromatic carbocycles. The summed E-state index contributed by atoms with van der Waals surface area (Å²) < 4.78 is 34.7. The van der Waals surface area contributed by atoms with Gasteiger partial charge in [-0.15, -0.1) is 5.10 Å². The van der Waals surface area contributed by atoms with E-state index in [9.17, 15) is 8.78 Å². The molecule has 3 aromatic rings. The van der Waals surface area contributed by atoms with Gasteiger partial charge in [-0.3, -0.25) is 0 Å². The summed E-state index contributed by atoms with van der Waals surface area (Å²) in [7, 11) is 0. The van der Waals surface area contributed by atoms with Crippen LogP contribution in [-0.4, -0.2) is 43.9 Å². The minimum absolute atomic E-state index is 0.292. The number of anilines is 2. The molecule has 1 saturated carbocycles. The SMILES string of the molecule is Cc1cc(N2C[C@H]3CC[C@@H](C2)C3Nc2nc3n(n2)CCC[C@H]3Oc2ccc(F)c(F)c2)ncn1. The molecular weight excluding hydrogens is 440 g/mol. The molecule has 178 valence electrons. The van der Waals surface area contributed by atoms with E-state index in [1.165, 1.54) is 18.9 Å². The van der Waals surface area contributed by atoms with Crippen LogP contribution in [0.4, 0.5) is 20.5 Å². The first-order valence-electron chi connectivity index (χ1n) is 11.9. The van der Waals surface area contributed by atoms with E-state index in [-0.39, 0.29) is 6.10 Å². The molecule has 2 aromatic heterocycles. The third-order valence-corrected chi connectivity index (χ3v) is 7.24. The van der Waals surface area contributed by atoms with Crippen LogP contribution in [0.15, 0.2) is 30.6 Å². The highest BCUT2D eigenvalue weighted by Gasteiger charge is 2.43. The summed E-state index contributed by atoms with van der Waals surface area (Å²) in [4.78, 5) is 15.8. The number of nitrogens with one attached hydrogen (secondary N) is 1. The van der Waals surface area contributed by atoms with Gasteiger partial charge in [-0.25, -0.2) is 23.4 Å². The number of benzene rings is 1. The second-order valence-corrected chi connectivity index (χ2v) is 9.53. The number of halogens is 2. The van der Waals surface area contributed by atoms with Gasteiger partial charge in [0.25, 0.3) is 0 Å². The molecule has 2 bridgehead atoms. The van der Waals surface area contributed by atoms with Crippen LogP contribution in [0.2, 0.25) is 0 Å². The van der Waals surface area contributed by atoms with E-state index in [0.717, 1.165) is 61.9 Å². The molecule has 1 saturated heterocycles. The van der Waals surface area contributed by atoms with E-state index in [1.54, 1.807) is 6.33 Å². The Morgan fingerprint density at radius 3 is 2.62 bits per heavy atom. The maximum atomic E-state index is 13.6. The summed E-state index contributed by atoms with van der Waals surface area (Å²) in [6.07, 6.45) is 5.25. The lowest BCUT2D eigenvalue weighted by Crippen LogP contribution is -2.48. The zero-order valence-electron chi connectivity index (χ0n) is 19.0. The summed E-state index contributed by atoms with van der Waals surface area (Å²) in [6.45, 7) is 4.64. The van der Waals surface area contributed by atoms with Gasteiger partial charge < -0.3 is 15.0 Å². The third-order valence-electron chi connectivity index (χ3n) is 7.24. The molecule has 1 N–H and O–H groups in total. The molecule has 34 heavy (non-hydrogen) atoms. The predicted octanol–water partition coefficient (Wildman–Crippen LogP) is 3.90. The molecule has 6 rings (SSSR count). The molecule has 8 nitrogen and oxygen atoms in total. The number of aryl methyl sites for hydroxylation is 2. The number of aromatic nitrogens is 5. The quantitative estimate of drug-likeness (QED) is 0.610. The molecule has 10 heteroatoms. The number of piperidine rings is 1. The van der Waals surface area contributed by atoms with Gasteiger partial charge in [0.05, 0.1) is 0 Å². The molecule has 1 unspecified atom stereocenters. The van der Waals surface area contributed by atoms with E-state index in [2.05, 4.69) is 20.2 Å². The van der Waals surface area contributed by atoms with Crippen molar-refractivity contribution in [2.75, 3.05) is 23.3 Å². The van der Waals surface area contributed by atoms with Gasteiger partial charge in [-0.2, -0.15) is 4.98 Å². The van der Waals surface area contributed by atoms with Gasteiger partial charge in [-0.05, 0) is 56.6 Å². The topological polar surface area (TPSA) is 81.0 Å². The van der Waals surface area contributed by atoms with E-state index >= 15 is 0 Å². The molecular formula is C24H27F2N7O. The van der Waals surface area contributed by atoms with Gasteiger partial charge in [-0.1, -0.05) is 0 Å². The van der Waals surface area contributed by atoms with E-state index in [1.807, 2.05) is 17.7 Å². The fourth-order valence-corrected chi connectivity index (χ4v) is 5.61. The minimum atomic E-state index is -0.920. The van der Waals surface area contributed by atoms with E-state index < -0.39 is 11.6 Å². The van der Waals surface area contributed by atoms with Crippen molar-refractivity contribution in [2.24, 2.45) is 11.8 Å². The summed E-state index contributed by atoms with van der Waals surface area (Å²) in [6, 6.07) is 5.96. The molecule has 2 aliphatic heterocycles. The predicted molar refractivity (Wildman–Crippen MR) is 122 cm³/mol. The Bertz CT molecular complexity index is 1190. The Balaban J connectivity index is 1.16. The normalized spacial score (nSPS) is 25.8. The molecule has 1 aliphatic carbocycles. The zero-order valence-corrected chi connectivity index (χ0v) is 19.0. The highest BCUT2D eigenvalue weighted by atomic mass is 19.2. The van der Waals surface area contributed by atoms with Crippen molar-refractivity contribution in [3.8, 4) is 5.75 Å². The Morgan fingerprint density at radius 2 is 1.85 bits per heavy atom. The van der Waals surface area contributed by atoms with E-state index in [0.29, 0.717) is 29.6 Å². The van der Waals surface area contributed by atoms with Gasteiger partial charge >= 0.3 is 0 Å². The molecule has 2 fully saturated rings. The Hall–Kier alpha value is -3.30. The van der Waals surface area contributed by atoms with Gasteiger partial charge in [0.2, 0.25) is 5.95 Å². The first kappa shape index (κ1) is 21.2. The van der Waals surface area contributed by atoms with Crippen molar-refractivity contribution < 1.29 is 13.5 Å². The number of nitrogens with zero attached hydrogens (tertiary/aromatic N) is 6. The van der Waals surface area contributed by atoms with Crippen LogP contribution >= 0.6 is 0 Å². The fourth-order valence-electron chi connectivity index (χ4n) is 5.61. The molecule has 4 heterocycles. The monoisotopic (exact) mass is 467 g/mol. The van der Waals surface area contributed by atoms with Crippen molar-refractivity contribution >= 4 is 11.8 Å². The van der Waals surface area contributed by atoms with Gasteiger partial charge in [0, 0.05) is 43.5 Å². The average molecular weight is 468 g/mol. The maximum Gasteiger partial charge on any atom is 0.242 e. The lowest BCUT2D eigenvalue weighted by Gasteiger charge is -2.38. The highest BCUT2D eigenvalue weighted by molar-refractivity contribution is 5.41. The average Bonchev–Trinajstić information content (AvgIpc) is 3.33. The lowest BCUT2D eigenvalue weighted by molar-refractivity contribution is 0.154. The number of hydrogen-bond acceptors (Lipinski definition) is 7. The van der Waals surface area contributed by atoms with Crippen molar-refractivity contribution in [1.82, 2.24) is 24.7 Å². The minimum Gasteiger partial charge on any atom is -0.482 e. The van der Waals surface area contributed by atoms with Crippen LogP contribution in [0.3, 0.4) is 0 Å². The van der Waals surface area contributed by atoms with Crippen molar-refractivity contribution in [1.29, 1.82) is 0 Å². The van der Waals surface area contributed by atoms with Crippen LogP contribution in [0.1, 0.15) is 43.3 Å². The van der Waals surface area contributed by atoms with Crippen LogP contribution in [0, 0.1) is 30.4 Å². The Kier molecular flexibility index (Phi) is 5.30. The molecule has 0 amide bonds.